The third-order valence-electron chi connectivity index (χ3n) is 2.88. The molecular weight excluding hydrogens is 252 g/mol. The molecule has 0 radical (unpaired) electrons. The summed E-state index contributed by atoms with van der Waals surface area (Å²) in [5.74, 6) is -1.49. The van der Waals surface area contributed by atoms with Crippen molar-refractivity contribution < 1.29 is 19.6 Å². The van der Waals surface area contributed by atoms with E-state index in [0.29, 0.717) is 21.2 Å². The van der Waals surface area contributed by atoms with Crippen LogP contribution in [0.15, 0.2) is 29.2 Å². The van der Waals surface area contributed by atoms with E-state index in [9.17, 15) is 14.5 Å². The molecule has 2 N–H and O–H groups in total. The molecule has 0 saturated carbocycles. The number of aromatic hydroxyl groups is 1. The van der Waals surface area contributed by atoms with Crippen LogP contribution in [0.1, 0.15) is 15.9 Å². The summed E-state index contributed by atoms with van der Waals surface area (Å²) in [6.07, 6.45) is 1.50. The van der Waals surface area contributed by atoms with Gasteiger partial charge in [-0.25, -0.2) is 4.79 Å². The van der Waals surface area contributed by atoms with Gasteiger partial charge in [0, 0.05) is 16.3 Å². The number of hydrogen-bond acceptors (Lipinski definition) is 3. The SMILES string of the molecule is Cc1c(C(=O)O)c(O)c2ccccc2c1[S+](C)[O-]. The third kappa shape index (κ3) is 1.81. The van der Waals surface area contributed by atoms with E-state index >= 15 is 0 Å². The van der Waals surface area contributed by atoms with E-state index in [-0.39, 0.29) is 11.3 Å². The summed E-state index contributed by atoms with van der Waals surface area (Å²) in [5.41, 5.74) is 0.165. The van der Waals surface area contributed by atoms with Crippen molar-refractivity contribution in [2.45, 2.75) is 11.8 Å². The molecule has 1 unspecified atom stereocenters. The second-order valence-corrected chi connectivity index (χ2v) is 5.30. The Labute approximate surface area is 107 Å². The Hall–Kier alpha value is -1.72. The monoisotopic (exact) mass is 264 g/mol. The molecule has 0 amide bonds. The number of phenols is 1. The lowest BCUT2D eigenvalue weighted by molar-refractivity contribution is 0.0693. The average molecular weight is 264 g/mol. The van der Waals surface area contributed by atoms with Gasteiger partial charge in [0.15, 0.2) is 4.90 Å². The van der Waals surface area contributed by atoms with Crippen molar-refractivity contribution in [3.05, 3.63) is 35.4 Å². The minimum absolute atomic E-state index is 0.182. The molecule has 0 fully saturated rings. The van der Waals surface area contributed by atoms with Crippen LogP contribution in [-0.4, -0.2) is 27.0 Å². The fourth-order valence-electron chi connectivity index (χ4n) is 2.15. The van der Waals surface area contributed by atoms with Crippen LogP contribution in [0, 0.1) is 6.92 Å². The van der Waals surface area contributed by atoms with Gasteiger partial charge in [0.2, 0.25) is 0 Å². The van der Waals surface area contributed by atoms with Gasteiger partial charge in [0.25, 0.3) is 0 Å². The first-order valence-corrected chi connectivity index (χ1v) is 6.82. The highest BCUT2D eigenvalue weighted by atomic mass is 32.2. The summed E-state index contributed by atoms with van der Waals surface area (Å²) in [4.78, 5) is 11.7. The van der Waals surface area contributed by atoms with Crippen molar-refractivity contribution in [2.24, 2.45) is 0 Å². The highest BCUT2D eigenvalue weighted by Crippen LogP contribution is 2.37. The number of carboxylic acid groups (broad SMARTS) is 1. The minimum Gasteiger partial charge on any atom is -0.612 e. The van der Waals surface area contributed by atoms with Crippen molar-refractivity contribution in [1.82, 2.24) is 0 Å². The predicted octanol–water partition coefficient (Wildman–Crippen LogP) is 2.29. The fraction of sp³-hybridized carbons (Fsp3) is 0.154. The smallest absolute Gasteiger partial charge is 0.339 e. The average Bonchev–Trinajstić information content (AvgIpc) is 2.28. The van der Waals surface area contributed by atoms with Crippen LogP contribution in [0.3, 0.4) is 0 Å². The largest absolute Gasteiger partial charge is 0.612 e. The van der Waals surface area contributed by atoms with Crippen LogP contribution in [0.25, 0.3) is 10.8 Å². The van der Waals surface area contributed by atoms with E-state index in [1.807, 2.05) is 0 Å². The Morgan fingerprint density at radius 1 is 1.28 bits per heavy atom. The summed E-state index contributed by atoms with van der Waals surface area (Å²) in [6.45, 7) is 1.56. The van der Waals surface area contributed by atoms with Gasteiger partial charge in [-0.1, -0.05) is 18.2 Å². The number of fused-ring (bicyclic) bond motifs is 1. The first-order chi connectivity index (χ1) is 8.45. The second-order valence-electron chi connectivity index (χ2n) is 3.98. The lowest BCUT2D eigenvalue weighted by atomic mass is 10.00. The molecule has 0 aliphatic heterocycles. The summed E-state index contributed by atoms with van der Waals surface area (Å²) in [6, 6.07) is 6.81. The molecule has 5 heteroatoms. The Morgan fingerprint density at radius 3 is 2.33 bits per heavy atom. The molecule has 1 atom stereocenters. The molecule has 4 nitrogen and oxygen atoms in total. The third-order valence-corrected chi connectivity index (χ3v) is 3.98. The number of hydrogen-bond donors (Lipinski definition) is 2. The van der Waals surface area contributed by atoms with Crippen molar-refractivity contribution >= 4 is 27.9 Å². The topological polar surface area (TPSA) is 80.6 Å². The fourth-order valence-corrected chi connectivity index (χ4v) is 3.17. The Balaban J connectivity index is 3.01. The van der Waals surface area contributed by atoms with E-state index in [0.717, 1.165) is 0 Å². The van der Waals surface area contributed by atoms with Gasteiger partial charge in [-0.15, -0.1) is 0 Å². The van der Waals surface area contributed by atoms with E-state index in [1.165, 1.54) is 6.26 Å². The summed E-state index contributed by atoms with van der Waals surface area (Å²) in [5, 5.41) is 20.2. The zero-order chi connectivity index (χ0) is 13.4. The molecule has 2 aromatic rings. The summed E-state index contributed by atoms with van der Waals surface area (Å²) >= 11 is -1.32. The molecule has 94 valence electrons. The highest BCUT2D eigenvalue weighted by Gasteiger charge is 2.25. The van der Waals surface area contributed by atoms with Gasteiger partial charge in [-0.05, 0) is 24.2 Å². The lowest BCUT2D eigenvalue weighted by Gasteiger charge is -2.15. The van der Waals surface area contributed by atoms with E-state index in [1.54, 1.807) is 31.2 Å². The number of aromatic carboxylic acids is 1. The molecule has 0 saturated heterocycles. The molecule has 0 aliphatic rings. The standard InChI is InChI=1S/C13H12O4S/c1-7-10(13(15)16)11(14)8-5-3-4-6-9(8)12(7)18(2)17/h3-6,14H,1-2H3,(H,15,16). The number of benzene rings is 2. The predicted molar refractivity (Wildman–Crippen MR) is 69.6 cm³/mol. The van der Waals surface area contributed by atoms with E-state index in [2.05, 4.69) is 0 Å². The Morgan fingerprint density at radius 2 is 1.83 bits per heavy atom. The molecule has 0 bridgehead atoms. The molecule has 0 aromatic heterocycles. The molecule has 0 aliphatic carbocycles. The van der Waals surface area contributed by atoms with Crippen LogP contribution in [-0.2, 0) is 11.2 Å². The van der Waals surface area contributed by atoms with E-state index < -0.39 is 17.1 Å². The van der Waals surface area contributed by atoms with Crippen LogP contribution >= 0.6 is 0 Å². The van der Waals surface area contributed by atoms with Gasteiger partial charge in [0.1, 0.15) is 17.6 Å². The molecular formula is C13H12O4S. The molecule has 0 spiro atoms. The maximum atomic E-state index is 11.8. The first-order valence-electron chi connectivity index (χ1n) is 5.26. The van der Waals surface area contributed by atoms with Crippen molar-refractivity contribution in [1.29, 1.82) is 0 Å². The number of carboxylic acids is 1. The van der Waals surface area contributed by atoms with Gasteiger partial charge in [-0.3, -0.25) is 0 Å². The maximum Gasteiger partial charge on any atom is 0.339 e. The Bertz CT molecular complexity index is 634. The van der Waals surface area contributed by atoms with E-state index in [4.69, 9.17) is 5.11 Å². The zero-order valence-electron chi connectivity index (χ0n) is 9.93. The van der Waals surface area contributed by atoms with Crippen LogP contribution in [0.4, 0.5) is 0 Å². The summed E-state index contributed by atoms with van der Waals surface area (Å²) in [7, 11) is 0. The molecule has 2 rings (SSSR count). The molecule has 18 heavy (non-hydrogen) atoms. The van der Waals surface area contributed by atoms with Crippen LogP contribution in [0.5, 0.6) is 5.75 Å². The van der Waals surface area contributed by atoms with Crippen molar-refractivity contribution in [3.8, 4) is 5.75 Å². The van der Waals surface area contributed by atoms with Gasteiger partial charge in [0.05, 0.1) is 0 Å². The maximum absolute atomic E-state index is 11.8. The van der Waals surface area contributed by atoms with Crippen molar-refractivity contribution in [2.75, 3.05) is 6.26 Å². The first kappa shape index (κ1) is 12.7. The summed E-state index contributed by atoms with van der Waals surface area (Å²) < 4.78 is 11.8. The van der Waals surface area contributed by atoms with Crippen LogP contribution < -0.4 is 0 Å². The Kier molecular flexibility index (Phi) is 3.19. The second kappa shape index (κ2) is 4.51. The number of rotatable bonds is 2. The molecule has 2 aromatic carbocycles. The van der Waals surface area contributed by atoms with Gasteiger partial charge in [-0.2, -0.15) is 0 Å². The van der Waals surface area contributed by atoms with Crippen molar-refractivity contribution in [3.63, 3.8) is 0 Å². The quantitative estimate of drug-likeness (QED) is 0.815. The minimum atomic E-state index is -1.32. The van der Waals surface area contributed by atoms with Crippen LogP contribution in [0.2, 0.25) is 0 Å². The normalized spacial score (nSPS) is 12.6. The zero-order valence-corrected chi connectivity index (χ0v) is 10.7. The molecule has 0 heterocycles. The van der Waals surface area contributed by atoms with Gasteiger partial charge >= 0.3 is 5.97 Å². The number of carbonyl (C=O) groups is 1. The highest BCUT2D eigenvalue weighted by molar-refractivity contribution is 7.91. The van der Waals surface area contributed by atoms with Gasteiger partial charge < -0.3 is 14.8 Å². The lowest BCUT2D eigenvalue weighted by Crippen LogP contribution is -2.08.